The summed E-state index contributed by atoms with van der Waals surface area (Å²) in [5, 5.41) is 6.52. The number of aryl methyl sites for hydroxylation is 2. The van der Waals surface area contributed by atoms with Crippen LogP contribution in [-0.4, -0.2) is 47.0 Å². The average Bonchev–Trinajstić information content (AvgIpc) is 3.12. The van der Waals surface area contributed by atoms with Crippen molar-refractivity contribution in [3.63, 3.8) is 0 Å². The van der Waals surface area contributed by atoms with Crippen molar-refractivity contribution in [2.75, 3.05) is 31.5 Å². The molecule has 1 saturated heterocycles. The summed E-state index contributed by atoms with van der Waals surface area (Å²) in [5.41, 5.74) is 3.05. The minimum absolute atomic E-state index is 0.103. The summed E-state index contributed by atoms with van der Waals surface area (Å²) in [6, 6.07) is 7.78. The molecule has 3 rings (SSSR count). The normalized spacial score (nSPS) is 14.5. The maximum Gasteiger partial charge on any atom is 0.264 e. The van der Waals surface area contributed by atoms with E-state index in [-0.39, 0.29) is 5.91 Å². The molecule has 0 spiro atoms. The molecule has 0 bridgehead atoms. The Morgan fingerprint density at radius 2 is 1.88 bits per heavy atom. The first kappa shape index (κ1) is 18.2. The molecule has 2 aromatic rings. The third-order valence-electron chi connectivity index (χ3n) is 4.25. The predicted octanol–water partition coefficient (Wildman–Crippen LogP) is 4.17. The second kappa shape index (κ2) is 7.72. The Morgan fingerprint density at radius 3 is 2.48 bits per heavy atom. The van der Waals surface area contributed by atoms with Gasteiger partial charge in [-0.05, 0) is 54.7 Å². The molecule has 1 aromatic heterocycles. The Kier molecular flexibility index (Phi) is 5.61. The molecule has 25 heavy (non-hydrogen) atoms. The van der Waals surface area contributed by atoms with Crippen LogP contribution in [0.1, 0.15) is 20.8 Å². The SMILES string of the molecule is Cc1cc(C)c(NC(=S)N2CCN(C(=O)c3cccs3)CC2)c(Cl)c1. The monoisotopic (exact) mass is 393 g/mol. The van der Waals surface area contributed by atoms with Crippen LogP contribution >= 0.6 is 35.2 Å². The topological polar surface area (TPSA) is 35.6 Å². The lowest BCUT2D eigenvalue weighted by molar-refractivity contribution is 0.0698. The van der Waals surface area contributed by atoms with Crippen LogP contribution in [0.5, 0.6) is 0 Å². The van der Waals surface area contributed by atoms with Crippen LogP contribution < -0.4 is 5.32 Å². The summed E-state index contributed by atoms with van der Waals surface area (Å²) in [5.74, 6) is 0.103. The van der Waals surface area contributed by atoms with Crippen molar-refractivity contribution < 1.29 is 4.79 Å². The molecule has 4 nitrogen and oxygen atoms in total. The second-order valence-corrected chi connectivity index (χ2v) is 7.87. The molecule has 0 atom stereocenters. The van der Waals surface area contributed by atoms with Gasteiger partial charge in [0.2, 0.25) is 0 Å². The molecule has 1 aliphatic rings. The summed E-state index contributed by atoms with van der Waals surface area (Å²) in [6.07, 6.45) is 0. The standard InChI is InChI=1S/C18H20ClN3OS2/c1-12-10-13(2)16(14(19)11-12)20-18(24)22-7-5-21(6-8-22)17(23)15-4-3-9-25-15/h3-4,9-11H,5-8H2,1-2H3,(H,20,24). The Bertz CT molecular complexity index is 761. The lowest BCUT2D eigenvalue weighted by atomic mass is 10.1. The molecule has 0 radical (unpaired) electrons. The number of hydrogen-bond acceptors (Lipinski definition) is 3. The van der Waals surface area contributed by atoms with Crippen LogP contribution in [0.15, 0.2) is 29.6 Å². The number of carbonyl (C=O) groups is 1. The summed E-state index contributed by atoms with van der Waals surface area (Å²) in [4.78, 5) is 17.2. The van der Waals surface area contributed by atoms with Gasteiger partial charge in [-0.1, -0.05) is 23.7 Å². The zero-order chi connectivity index (χ0) is 18.0. The third-order valence-corrected chi connectivity index (χ3v) is 5.77. The van der Waals surface area contributed by atoms with E-state index in [1.807, 2.05) is 42.3 Å². The van der Waals surface area contributed by atoms with E-state index in [1.165, 1.54) is 11.3 Å². The maximum absolute atomic E-state index is 12.4. The van der Waals surface area contributed by atoms with Gasteiger partial charge in [-0.15, -0.1) is 11.3 Å². The first-order valence-electron chi connectivity index (χ1n) is 8.11. The highest BCUT2D eigenvalue weighted by Gasteiger charge is 2.24. The number of hydrogen-bond donors (Lipinski definition) is 1. The molecular weight excluding hydrogens is 374 g/mol. The van der Waals surface area contributed by atoms with Crippen LogP contribution in [0.25, 0.3) is 0 Å². The Labute approximate surface area is 162 Å². The summed E-state index contributed by atoms with van der Waals surface area (Å²) in [6.45, 7) is 6.79. The Balaban J connectivity index is 1.60. The average molecular weight is 394 g/mol. The number of benzene rings is 1. The zero-order valence-corrected chi connectivity index (χ0v) is 16.6. The van der Waals surface area contributed by atoms with Crippen LogP contribution in [0.3, 0.4) is 0 Å². The van der Waals surface area contributed by atoms with Gasteiger partial charge in [-0.2, -0.15) is 0 Å². The van der Waals surface area contributed by atoms with Gasteiger partial charge in [0.05, 0.1) is 15.6 Å². The number of nitrogens with zero attached hydrogens (tertiary/aromatic N) is 2. The third kappa shape index (κ3) is 4.14. The largest absolute Gasteiger partial charge is 0.345 e. The first-order valence-corrected chi connectivity index (χ1v) is 9.78. The minimum Gasteiger partial charge on any atom is -0.345 e. The Hall–Kier alpha value is -1.63. The molecule has 7 heteroatoms. The number of anilines is 1. The van der Waals surface area contributed by atoms with E-state index in [0.717, 1.165) is 21.7 Å². The zero-order valence-electron chi connectivity index (χ0n) is 14.2. The van der Waals surface area contributed by atoms with E-state index in [2.05, 4.69) is 16.3 Å². The van der Waals surface area contributed by atoms with Gasteiger partial charge in [0.15, 0.2) is 5.11 Å². The van der Waals surface area contributed by atoms with Gasteiger partial charge in [0.25, 0.3) is 5.91 Å². The molecule has 1 fully saturated rings. The van der Waals surface area contributed by atoms with Crippen molar-refractivity contribution >= 4 is 51.9 Å². The number of carbonyl (C=O) groups excluding carboxylic acids is 1. The van der Waals surface area contributed by atoms with E-state index in [0.29, 0.717) is 36.3 Å². The molecule has 132 valence electrons. The molecule has 2 heterocycles. The number of thiocarbonyl (C=S) groups is 1. The fourth-order valence-electron chi connectivity index (χ4n) is 2.93. The van der Waals surface area contributed by atoms with Crippen LogP contribution in [0.4, 0.5) is 5.69 Å². The van der Waals surface area contributed by atoms with Gasteiger partial charge in [-0.25, -0.2) is 0 Å². The number of halogens is 1. The first-order chi connectivity index (χ1) is 12.0. The van der Waals surface area contributed by atoms with Crippen LogP contribution in [0.2, 0.25) is 5.02 Å². The van der Waals surface area contributed by atoms with Gasteiger partial charge in [0, 0.05) is 26.2 Å². The van der Waals surface area contributed by atoms with E-state index in [9.17, 15) is 4.79 Å². The second-order valence-electron chi connectivity index (χ2n) is 6.13. The molecule has 1 N–H and O–H groups in total. The van der Waals surface area contributed by atoms with Gasteiger partial charge < -0.3 is 15.1 Å². The van der Waals surface area contributed by atoms with Crippen LogP contribution in [0, 0.1) is 13.8 Å². The number of piperazine rings is 1. The fraction of sp³-hybridized carbons (Fsp3) is 0.333. The van der Waals surface area contributed by atoms with Crippen molar-refractivity contribution in [3.05, 3.63) is 50.7 Å². The number of thiophene rings is 1. The molecule has 1 aliphatic heterocycles. The van der Waals surface area contributed by atoms with Gasteiger partial charge >= 0.3 is 0 Å². The van der Waals surface area contributed by atoms with Gasteiger partial charge in [0.1, 0.15) is 0 Å². The van der Waals surface area contributed by atoms with E-state index in [4.69, 9.17) is 23.8 Å². The van der Waals surface area contributed by atoms with Crippen molar-refractivity contribution in [1.82, 2.24) is 9.80 Å². The number of nitrogens with one attached hydrogen (secondary N) is 1. The van der Waals surface area contributed by atoms with Crippen LogP contribution in [-0.2, 0) is 0 Å². The molecule has 0 aliphatic carbocycles. The highest BCUT2D eigenvalue weighted by Crippen LogP contribution is 2.27. The summed E-state index contributed by atoms with van der Waals surface area (Å²) < 4.78 is 0. The quantitative estimate of drug-likeness (QED) is 0.776. The van der Waals surface area contributed by atoms with E-state index in [1.54, 1.807) is 0 Å². The predicted molar refractivity (Wildman–Crippen MR) is 109 cm³/mol. The maximum atomic E-state index is 12.4. The molecule has 0 saturated carbocycles. The summed E-state index contributed by atoms with van der Waals surface area (Å²) >= 11 is 13.4. The van der Waals surface area contributed by atoms with Crippen molar-refractivity contribution in [2.24, 2.45) is 0 Å². The fourth-order valence-corrected chi connectivity index (χ4v) is 4.27. The Morgan fingerprint density at radius 1 is 1.20 bits per heavy atom. The van der Waals surface area contributed by atoms with Crippen molar-refractivity contribution in [1.29, 1.82) is 0 Å². The highest BCUT2D eigenvalue weighted by atomic mass is 35.5. The van der Waals surface area contributed by atoms with Gasteiger partial charge in [-0.3, -0.25) is 4.79 Å². The lowest BCUT2D eigenvalue weighted by Crippen LogP contribution is -2.51. The smallest absolute Gasteiger partial charge is 0.264 e. The van der Waals surface area contributed by atoms with Crippen molar-refractivity contribution in [3.8, 4) is 0 Å². The number of amides is 1. The molecular formula is C18H20ClN3OS2. The lowest BCUT2D eigenvalue weighted by Gasteiger charge is -2.36. The number of rotatable bonds is 2. The molecule has 0 unspecified atom stereocenters. The molecule has 1 aromatic carbocycles. The van der Waals surface area contributed by atoms with Crippen molar-refractivity contribution in [2.45, 2.75) is 13.8 Å². The minimum atomic E-state index is 0.103. The highest BCUT2D eigenvalue weighted by molar-refractivity contribution is 7.80. The van der Waals surface area contributed by atoms with E-state index >= 15 is 0 Å². The summed E-state index contributed by atoms with van der Waals surface area (Å²) in [7, 11) is 0. The van der Waals surface area contributed by atoms with E-state index < -0.39 is 0 Å². The molecule has 1 amide bonds.